The fourth-order valence-electron chi connectivity index (χ4n) is 0.477. The van der Waals surface area contributed by atoms with E-state index in [-0.39, 0.29) is 12.4 Å². The van der Waals surface area contributed by atoms with E-state index in [1.807, 2.05) is 0 Å². The number of esters is 1. The number of ether oxygens (including phenoxy) is 1. The van der Waals surface area contributed by atoms with Crippen LogP contribution in [0.2, 0.25) is 0 Å². The van der Waals surface area contributed by atoms with Crippen molar-refractivity contribution < 1.29 is 9.53 Å². The molecule has 0 saturated carbocycles. The third-order valence-corrected chi connectivity index (χ3v) is 0.904. The number of aromatic nitrogens is 2. The monoisotopic (exact) mass is 162 g/mol. The fraction of sp³-hybridized carbons (Fsp3) is 0.200. The quantitative estimate of drug-likeness (QED) is 0.616. The van der Waals surface area contributed by atoms with Gasteiger partial charge in [0.1, 0.15) is 5.69 Å². The molecule has 4 nitrogen and oxygen atoms in total. The number of aromatic amines is 1. The van der Waals surface area contributed by atoms with Gasteiger partial charge in [-0.25, -0.2) is 9.78 Å². The molecule has 0 saturated heterocycles. The Balaban J connectivity index is 0.000000810. The molecule has 5 heteroatoms. The van der Waals surface area contributed by atoms with Crippen molar-refractivity contribution in [2.45, 2.75) is 0 Å². The zero-order chi connectivity index (χ0) is 6.69. The molecule has 0 bridgehead atoms. The maximum Gasteiger partial charge on any atom is 0.356 e. The van der Waals surface area contributed by atoms with E-state index in [0.29, 0.717) is 5.69 Å². The summed E-state index contributed by atoms with van der Waals surface area (Å²) in [5.74, 6) is -0.396. The maximum atomic E-state index is 10.6. The van der Waals surface area contributed by atoms with Crippen LogP contribution in [0.25, 0.3) is 0 Å². The highest BCUT2D eigenvalue weighted by Crippen LogP contribution is 1.91. The third-order valence-electron chi connectivity index (χ3n) is 0.904. The van der Waals surface area contributed by atoms with Gasteiger partial charge in [0, 0.05) is 0 Å². The summed E-state index contributed by atoms with van der Waals surface area (Å²) in [6.07, 6.45) is 2.83. The summed E-state index contributed by atoms with van der Waals surface area (Å²) in [4.78, 5) is 16.8. The number of halogens is 1. The van der Waals surface area contributed by atoms with Crippen LogP contribution in [0.5, 0.6) is 0 Å². The summed E-state index contributed by atoms with van der Waals surface area (Å²) >= 11 is 0. The lowest BCUT2D eigenvalue weighted by molar-refractivity contribution is 0.0594. The summed E-state index contributed by atoms with van der Waals surface area (Å²) < 4.78 is 4.38. The molecule has 0 aliphatic carbocycles. The Hall–Kier alpha value is -1.03. The Bertz CT molecular complexity index is 197. The van der Waals surface area contributed by atoms with Crippen molar-refractivity contribution in [3.8, 4) is 0 Å². The lowest BCUT2D eigenvalue weighted by Crippen LogP contribution is -2.00. The van der Waals surface area contributed by atoms with Gasteiger partial charge in [-0.05, 0) is 0 Å². The van der Waals surface area contributed by atoms with Crippen molar-refractivity contribution in [2.24, 2.45) is 0 Å². The molecule has 56 valence electrons. The Labute approximate surface area is 64.0 Å². The molecule has 0 aliphatic heterocycles. The molecular formula is C5H7ClN2O2. The zero-order valence-corrected chi connectivity index (χ0v) is 6.14. The van der Waals surface area contributed by atoms with Gasteiger partial charge in [0.15, 0.2) is 0 Å². The predicted molar refractivity (Wildman–Crippen MR) is 37.2 cm³/mol. The second-order valence-electron chi connectivity index (χ2n) is 1.46. The standard InChI is InChI=1S/C5H6N2O2.ClH/c1-9-5(8)4-2-6-3-7-4;/h2-3H,1H3,(H,6,7);1H. The number of hydrogen-bond donors (Lipinski definition) is 1. The second-order valence-corrected chi connectivity index (χ2v) is 1.46. The molecule has 0 spiro atoms. The van der Waals surface area contributed by atoms with Crippen LogP contribution in [-0.4, -0.2) is 23.0 Å². The zero-order valence-electron chi connectivity index (χ0n) is 5.33. The highest BCUT2D eigenvalue weighted by atomic mass is 35.5. The first kappa shape index (κ1) is 8.97. The molecule has 1 N–H and O–H groups in total. The Morgan fingerprint density at radius 1 is 1.80 bits per heavy atom. The van der Waals surface area contributed by atoms with Crippen LogP contribution in [0.3, 0.4) is 0 Å². The molecule has 0 unspecified atom stereocenters. The van der Waals surface area contributed by atoms with Gasteiger partial charge in [0.2, 0.25) is 0 Å². The fourth-order valence-corrected chi connectivity index (χ4v) is 0.477. The molecule has 1 aromatic heterocycles. The molecule has 1 heterocycles. The van der Waals surface area contributed by atoms with E-state index >= 15 is 0 Å². The minimum Gasteiger partial charge on any atom is -0.464 e. The number of hydrogen-bond acceptors (Lipinski definition) is 3. The minimum atomic E-state index is -0.396. The van der Waals surface area contributed by atoms with Crippen LogP contribution in [0, 0.1) is 0 Å². The van der Waals surface area contributed by atoms with E-state index < -0.39 is 5.97 Å². The van der Waals surface area contributed by atoms with Gasteiger partial charge >= 0.3 is 5.97 Å². The first-order valence-corrected chi connectivity index (χ1v) is 2.41. The van der Waals surface area contributed by atoms with Gasteiger partial charge in [-0.1, -0.05) is 0 Å². The van der Waals surface area contributed by atoms with Crippen molar-refractivity contribution >= 4 is 18.4 Å². The maximum absolute atomic E-state index is 10.6. The topological polar surface area (TPSA) is 55.0 Å². The number of imidazole rings is 1. The van der Waals surface area contributed by atoms with Crippen LogP contribution in [0.15, 0.2) is 12.5 Å². The highest BCUT2D eigenvalue weighted by molar-refractivity contribution is 5.86. The number of carbonyl (C=O) groups excluding carboxylic acids is 1. The molecule has 1 rings (SSSR count). The van der Waals surface area contributed by atoms with Crippen molar-refractivity contribution in [3.63, 3.8) is 0 Å². The normalized spacial score (nSPS) is 8.10. The number of H-pyrrole nitrogens is 1. The Morgan fingerprint density at radius 3 is 2.90 bits per heavy atom. The molecule has 0 aliphatic rings. The van der Waals surface area contributed by atoms with Gasteiger partial charge < -0.3 is 9.72 Å². The number of carbonyl (C=O) groups is 1. The first-order chi connectivity index (χ1) is 4.34. The summed E-state index contributed by atoms with van der Waals surface area (Å²) in [5, 5.41) is 0. The predicted octanol–water partition coefficient (Wildman–Crippen LogP) is 0.618. The van der Waals surface area contributed by atoms with Crippen molar-refractivity contribution in [1.82, 2.24) is 9.97 Å². The van der Waals surface area contributed by atoms with Gasteiger partial charge in [-0.2, -0.15) is 0 Å². The van der Waals surface area contributed by atoms with E-state index in [1.54, 1.807) is 0 Å². The molecule has 0 aromatic carbocycles. The summed E-state index contributed by atoms with van der Waals surface area (Å²) in [6.45, 7) is 0. The van der Waals surface area contributed by atoms with Gasteiger partial charge in [-0.3, -0.25) is 0 Å². The lowest BCUT2D eigenvalue weighted by atomic mass is 10.5. The second kappa shape index (κ2) is 3.90. The van der Waals surface area contributed by atoms with Gasteiger partial charge in [-0.15, -0.1) is 12.4 Å². The molecule has 0 fully saturated rings. The molecular weight excluding hydrogens is 156 g/mol. The summed E-state index contributed by atoms with van der Waals surface area (Å²) in [6, 6.07) is 0. The van der Waals surface area contributed by atoms with Crippen molar-refractivity contribution in [3.05, 3.63) is 18.2 Å². The van der Waals surface area contributed by atoms with E-state index in [2.05, 4.69) is 14.7 Å². The third kappa shape index (κ3) is 1.73. The average Bonchev–Trinajstić information content (AvgIpc) is 2.37. The minimum absolute atomic E-state index is 0. The first-order valence-electron chi connectivity index (χ1n) is 2.41. The van der Waals surface area contributed by atoms with Gasteiger partial charge in [0.05, 0.1) is 19.6 Å². The molecule has 0 radical (unpaired) electrons. The van der Waals surface area contributed by atoms with E-state index in [1.165, 1.54) is 19.6 Å². The van der Waals surface area contributed by atoms with Crippen LogP contribution >= 0.6 is 12.4 Å². The summed E-state index contributed by atoms with van der Waals surface area (Å²) in [7, 11) is 1.32. The van der Waals surface area contributed by atoms with Crippen LogP contribution < -0.4 is 0 Å². The van der Waals surface area contributed by atoms with Crippen molar-refractivity contribution in [1.29, 1.82) is 0 Å². The molecule has 10 heavy (non-hydrogen) atoms. The highest BCUT2D eigenvalue weighted by Gasteiger charge is 2.03. The number of nitrogens with one attached hydrogen (secondary N) is 1. The number of nitrogens with zero attached hydrogens (tertiary/aromatic N) is 1. The smallest absolute Gasteiger partial charge is 0.356 e. The summed E-state index contributed by atoms with van der Waals surface area (Å²) in [5.41, 5.74) is 0.373. The van der Waals surface area contributed by atoms with Crippen LogP contribution in [-0.2, 0) is 4.74 Å². The SMILES string of the molecule is COC(=O)c1cnc[nH]1.Cl. The van der Waals surface area contributed by atoms with Crippen molar-refractivity contribution in [2.75, 3.05) is 7.11 Å². The van der Waals surface area contributed by atoms with Gasteiger partial charge in [0.25, 0.3) is 0 Å². The van der Waals surface area contributed by atoms with Crippen LogP contribution in [0.4, 0.5) is 0 Å². The number of methoxy groups -OCH3 is 1. The lowest BCUT2D eigenvalue weighted by Gasteiger charge is -1.90. The van der Waals surface area contributed by atoms with Crippen LogP contribution in [0.1, 0.15) is 10.5 Å². The van der Waals surface area contributed by atoms with E-state index in [0.717, 1.165) is 0 Å². The molecule has 1 aromatic rings. The molecule has 0 atom stereocenters. The average molecular weight is 163 g/mol. The van der Waals surface area contributed by atoms with E-state index in [4.69, 9.17) is 0 Å². The molecule has 0 amide bonds. The Kier molecular flexibility index (Phi) is 3.49. The number of rotatable bonds is 1. The Morgan fingerprint density at radius 2 is 2.50 bits per heavy atom. The largest absolute Gasteiger partial charge is 0.464 e. The van der Waals surface area contributed by atoms with E-state index in [9.17, 15) is 4.79 Å².